The Balaban J connectivity index is 1.91. The summed E-state index contributed by atoms with van der Waals surface area (Å²) >= 11 is 0. The van der Waals surface area contributed by atoms with E-state index < -0.39 is 0 Å². The van der Waals surface area contributed by atoms with Crippen LogP contribution in [0, 0.1) is 5.92 Å². The highest BCUT2D eigenvalue weighted by molar-refractivity contribution is 5.83. The van der Waals surface area contributed by atoms with Crippen LogP contribution in [0.2, 0.25) is 0 Å². The lowest BCUT2D eigenvalue weighted by Gasteiger charge is -2.00. The van der Waals surface area contributed by atoms with Crippen LogP contribution in [0.3, 0.4) is 0 Å². The molecular weight excluding hydrogens is 188 g/mol. The Morgan fingerprint density at radius 3 is 2.87 bits per heavy atom. The van der Waals surface area contributed by atoms with Gasteiger partial charge in [0, 0.05) is 25.1 Å². The number of ketones is 1. The molecule has 1 fully saturated rings. The second-order valence-corrected chi connectivity index (χ2v) is 4.34. The minimum Gasteiger partial charge on any atom is -0.299 e. The average molecular weight is 206 g/mol. The molecule has 0 spiro atoms. The van der Waals surface area contributed by atoms with E-state index in [-0.39, 0.29) is 0 Å². The summed E-state index contributed by atoms with van der Waals surface area (Å²) < 4.78 is 1.90. The summed E-state index contributed by atoms with van der Waals surface area (Å²) in [6, 6.07) is 2.11. The first kappa shape index (κ1) is 10.4. The van der Waals surface area contributed by atoms with Crippen LogP contribution in [0.15, 0.2) is 6.07 Å². The Bertz CT molecular complexity index is 364. The predicted octanol–water partition coefficient (Wildman–Crippen LogP) is 1.89. The van der Waals surface area contributed by atoms with Crippen molar-refractivity contribution >= 4 is 5.78 Å². The lowest BCUT2D eigenvalue weighted by molar-refractivity contribution is -0.120. The van der Waals surface area contributed by atoms with Gasteiger partial charge >= 0.3 is 0 Å². The van der Waals surface area contributed by atoms with Crippen molar-refractivity contribution in [3.63, 3.8) is 0 Å². The van der Waals surface area contributed by atoms with Crippen molar-refractivity contribution in [1.29, 1.82) is 0 Å². The number of aromatic nitrogens is 2. The van der Waals surface area contributed by atoms with Gasteiger partial charge in [0.1, 0.15) is 5.78 Å². The van der Waals surface area contributed by atoms with Gasteiger partial charge in [0.2, 0.25) is 0 Å². The van der Waals surface area contributed by atoms with E-state index in [1.165, 1.54) is 5.69 Å². The number of aryl methyl sites for hydroxylation is 3. The van der Waals surface area contributed by atoms with Crippen molar-refractivity contribution in [3.05, 3.63) is 17.5 Å². The molecule has 0 unspecified atom stereocenters. The van der Waals surface area contributed by atoms with Gasteiger partial charge in [-0.3, -0.25) is 9.48 Å². The van der Waals surface area contributed by atoms with E-state index >= 15 is 0 Å². The normalized spacial score (nSPS) is 15.6. The molecule has 1 aromatic heterocycles. The van der Waals surface area contributed by atoms with E-state index in [0.29, 0.717) is 18.1 Å². The van der Waals surface area contributed by atoms with Gasteiger partial charge < -0.3 is 0 Å². The molecule has 3 heteroatoms. The number of hydrogen-bond acceptors (Lipinski definition) is 2. The molecule has 2 rings (SSSR count). The second kappa shape index (κ2) is 4.17. The zero-order chi connectivity index (χ0) is 10.8. The monoisotopic (exact) mass is 206 g/mol. The molecule has 82 valence electrons. The quantitative estimate of drug-likeness (QED) is 0.737. The Kier molecular flexibility index (Phi) is 2.89. The third-order valence-electron chi connectivity index (χ3n) is 3.05. The molecule has 1 aliphatic rings. The fourth-order valence-corrected chi connectivity index (χ4v) is 1.84. The minimum absolute atomic E-state index is 0.392. The molecular formula is C12H18N2O. The number of nitrogens with zero attached hydrogens (tertiary/aromatic N) is 2. The lowest BCUT2D eigenvalue weighted by Crippen LogP contribution is -2.05. The molecule has 1 aromatic rings. The van der Waals surface area contributed by atoms with Crippen molar-refractivity contribution in [2.24, 2.45) is 13.0 Å². The molecule has 0 aliphatic heterocycles. The van der Waals surface area contributed by atoms with Crippen LogP contribution in [0.5, 0.6) is 0 Å². The van der Waals surface area contributed by atoms with E-state index in [4.69, 9.17) is 0 Å². The van der Waals surface area contributed by atoms with Gasteiger partial charge in [-0.2, -0.15) is 5.10 Å². The van der Waals surface area contributed by atoms with Gasteiger partial charge in [-0.25, -0.2) is 0 Å². The highest BCUT2D eigenvalue weighted by Gasteiger charge is 2.28. The van der Waals surface area contributed by atoms with Gasteiger partial charge in [0.05, 0.1) is 5.69 Å². The summed E-state index contributed by atoms with van der Waals surface area (Å²) in [6.45, 7) is 2.10. The second-order valence-electron chi connectivity index (χ2n) is 4.34. The first-order chi connectivity index (χ1) is 7.20. The Hall–Kier alpha value is -1.12. The average Bonchev–Trinajstić information content (AvgIpc) is 3.00. The van der Waals surface area contributed by atoms with Crippen molar-refractivity contribution in [2.75, 3.05) is 0 Å². The van der Waals surface area contributed by atoms with Crippen molar-refractivity contribution in [2.45, 2.75) is 39.0 Å². The molecule has 1 saturated carbocycles. The molecule has 0 atom stereocenters. The number of hydrogen-bond donors (Lipinski definition) is 0. The minimum atomic E-state index is 0.392. The van der Waals surface area contributed by atoms with Crippen LogP contribution in [0.25, 0.3) is 0 Å². The van der Waals surface area contributed by atoms with E-state index in [1.54, 1.807) is 0 Å². The fourth-order valence-electron chi connectivity index (χ4n) is 1.84. The van der Waals surface area contributed by atoms with Crippen LogP contribution in [-0.2, 0) is 24.7 Å². The highest BCUT2D eigenvalue weighted by atomic mass is 16.1. The van der Waals surface area contributed by atoms with Crippen LogP contribution < -0.4 is 0 Å². The Morgan fingerprint density at radius 1 is 1.60 bits per heavy atom. The molecule has 0 bridgehead atoms. The number of Topliss-reactive ketones (excluding diaryl/α,β-unsaturated/α-hetero) is 1. The number of carbonyl (C=O) groups excluding carboxylic acids is 1. The summed E-state index contributed by atoms with van der Waals surface area (Å²) in [5, 5.41) is 4.37. The van der Waals surface area contributed by atoms with Crippen LogP contribution in [0.4, 0.5) is 0 Å². The molecule has 0 saturated heterocycles. The number of rotatable bonds is 5. The van der Waals surface area contributed by atoms with E-state index in [1.807, 2.05) is 11.7 Å². The zero-order valence-corrected chi connectivity index (χ0v) is 9.49. The predicted molar refractivity (Wildman–Crippen MR) is 58.6 cm³/mol. The smallest absolute Gasteiger partial charge is 0.136 e. The molecule has 15 heavy (non-hydrogen) atoms. The maximum atomic E-state index is 11.5. The molecule has 0 radical (unpaired) electrons. The fraction of sp³-hybridized carbons (Fsp3) is 0.667. The summed E-state index contributed by atoms with van der Waals surface area (Å²) in [5.41, 5.74) is 2.30. The molecule has 1 heterocycles. The Labute approximate surface area is 90.5 Å². The van der Waals surface area contributed by atoms with E-state index in [2.05, 4.69) is 18.1 Å². The van der Waals surface area contributed by atoms with Crippen molar-refractivity contribution in [1.82, 2.24) is 9.78 Å². The largest absolute Gasteiger partial charge is 0.299 e. The van der Waals surface area contributed by atoms with Crippen molar-refractivity contribution < 1.29 is 4.79 Å². The summed E-state index contributed by atoms with van der Waals surface area (Å²) in [6.07, 6.45) is 4.73. The summed E-state index contributed by atoms with van der Waals surface area (Å²) in [7, 11) is 1.95. The molecule has 0 aromatic carbocycles. The van der Waals surface area contributed by atoms with E-state index in [9.17, 15) is 4.79 Å². The van der Waals surface area contributed by atoms with Gasteiger partial charge in [-0.1, -0.05) is 6.92 Å². The summed E-state index contributed by atoms with van der Waals surface area (Å²) in [5.74, 6) is 0.832. The lowest BCUT2D eigenvalue weighted by atomic mass is 10.1. The molecule has 0 N–H and O–H groups in total. The standard InChI is InChI=1S/C12H18N2O/c1-3-10-8-11(14(2)13-10)6-7-12(15)9-4-5-9/h8-9H,3-7H2,1-2H3. The summed E-state index contributed by atoms with van der Waals surface area (Å²) in [4.78, 5) is 11.5. The molecule has 1 aliphatic carbocycles. The topological polar surface area (TPSA) is 34.9 Å². The third kappa shape index (κ3) is 2.46. The van der Waals surface area contributed by atoms with Crippen molar-refractivity contribution in [3.8, 4) is 0 Å². The van der Waals surface area contributed by atoms with Gasteiger partial charge in [0.15, 0.2) is 0 Å². The van der Waals surface area contributed by atoms with Gasteiger partial charge in [0.25, 0.3) is 0 Å². The Morgan fingerprint density at radius 2 is 2.33 bits per heavy atom. The maximum Gasteiger partial charge on any atom is 0.136 e. The van der Waals surface area contributed by atoms with Crippen LogP contribution >= 0.6 is 0 Å². The third-order valence-corrected chi connectivity index (χ3v) is 3.05. The maximum absolute atomic E-state index is 11.5. The SMILES string of the molecule is CCc1cc(CCC(=O)C2CC2)n(C)n1. The van der Waals surface area contributed by atoms with Gasteiger partial charge in [-0.05, 0) is 31.7 Å². The van der Waals surface area contributed by atoms with Crippen LogP contribution in [0.1, 0.15) is 37.6 Å². The number of carbonyl (C=O) groups is 1. The van der Waals surface area contributed by atoms with Crippen LogP contribution in [-0.4, -0.2) is 15.6 Å². The zero-order valence-electron chi connectivity index (χ0n) is 9.49. The van der Waals surface area contributed by atoms with E-state index in [0.717, 1.165) is 31.4 Å². The first-order valence-electron chi connectivity index (χ1n) is 5.75. The molecule has 0 amide bonds. The van der Waals surface area contributed by atoms with Gasteiger partial charge in [-0.15, -0.1) is 0 Å². The first-order valence-corrected chi connectivity index (χ1v) is 5.75. The highest BCUT2D eigenvalue weighted by Crippen LogP contribution is 2.31. The molecule has 3 nitrogen and oxygen atoms in total.